The summed E-state index contributed by atoms with van der Waals surface area (Å²) in [5.41, 5.74) is 1.75. The zero-order valence-electron chi connectivity index (χ0n) is 26.0. The predicted molar refractivity (Wildman–Crippen MR) is 187 cm³/mol. The molecule has 0 saturated carbocycles. The van der Waals surface area contributed by atoms with E-state index in [1.807, 2.05) is 12.3 Å². The zero-order valence-corrected chi connectivity index (χ0v) is 26.0. The van der Waals surface area contributed by atoms with Crippen LogP contribution in [0, 0.1) is 0 Å². The second-order valence-electron chi connectivity index (χ2n) is 11.8. The second-order valence-corrected chi connectivity index (χ2v) is 11.8. The maximum absolute atomic E-state index is 14.0. The molecule has 2 heterocycles. The Bertz CT molecular complexity index is 2700. The Hall–Kier alpha value is -6.03. The summed E-state index contributed by atoms with van der Waals surface area (Å²) in [7, 11) is 1.39. The van der Waals surface area contributed by atoms with Crippen molar-refractivity contribution in [3.8, 4) is 28.5 Å². The highest BCUT2D eigenvalue weighted by Gasteiger charge is 2.28. The molecule has 2 aromatic heterocycles. The first kappa shape index (κ1) is 28.2. The van der Waals surface area contributed by atoms with Gasteiger partial charge in [0.15, 0.2) is 11.5 Å². The molecule has 7 aromatic carbocycles. The minimum absolute atomic E-state index is 0.185. The van der Waals surface area contributed by atoms with E-state index in [0.717, 1.165) is 54.6 Å². The number of rotatable bonds is 9. The molecule has 0 aliphatic heterocycles. The van der Waals surface area contributed by atoms with Crippen LogP contribution in [0.1, 0.15) is 16.2 Å². The average Bonchev–Trinajstić information content (AvgIpc) is 3.86. The molecule has 9 aromatic rings. The number of halogens is 2. The summed E-state index contributed by atoms with van der Waals surface area (Å²) in [6, 6.07) is 23.6. The normalized spacial score (nSPS) is 12.5. The van der Waals surface area contributed by atoms with Gasteiger partial charge in [0.1, 0.15) is 5.76 Å². The molecule has 0 amide bonds. The smallest absolute Gasteiger partial charge is 0.503 e. The monoisotopic (exact) mass is 638 g/mol. The summed E-state index contributed by atoms with van der Waals surface area (Å²) in [6.07, 6.45) is 2.91. The number of H-pyrrole nitrogens is 2. The van der Waals surface area contributed by atoms with Gasteiger partial charge in [0, 0.05) is 34.3 Å². The number of nitrogens with one attached hydrogen (secondary N) is 2. The van der Waals surface area contributed by atoms with Crippen LogP contribution in [0.5, 0.6) is 17.2 Å². The Balaban J connectivity index is 1.21. The second kappa shape index (κ2) is 10.2. The fourth-order valence-corrected chi connectivity index (χ4v) is 7.51. The summed E-state index contributed by atoms with van der Waals surface area (Å²) in [5.74, 6) is 0.527. The Morgan fingerprint density at radius 1 is 0.688 bits per heavy atom. The molecule has 0 unspecified atom stereocenters. The number of hydrogen-bond acceptors (Lipinski definition) is 5. The highest BCUT2D eigenvalue weighted by molar-refractivity contribution is 6.48. The minimum atomic E-state index is -3.16. The van der Waals surface area contributed by atoms with E-state index >= 15 is 0 Å². The topological polar surface area (TPSA) is 85.6 Å². The van der Waals surface area contributed by atoms with Crippen LogP contribution in [-0.4, -0.2) is 44.6 Å². The van der Waals surface area contributed by atoms with E-state index in [2.05, 4.69) is 52.4 Å². The standard InChI is InChI=1S/C38H25BF2N2O5/c1-45-29-14-21(15-30(46-2)38(29)47-3)25-12-13-26(43-25)27(44)16-28(48-39(40)41)37-34-23-11-9-20-7-5-18-4-6-19-8-10-22(24(34)17-42-37)35-32(19)31(18)33(20)36(23)35/h4-17,42-43H,1-3H3/b28-16-. The van der Waals surface area contributed by atoms with Crippen molar-refractivity contribution < 1.29 is 32.3 Å². The molecule has 0 aliphatic rings. The van der Waals surface area contributed by atoms with Crippen molar-refractivity contribution in [2.75, 3.05) is 21.3 Å². The molecule has 2 N–H and O–H groups in total. The fourth-order valence-electron chi connectivity index (χ4n) is 7.51. The van der Waals surface area contributed by atoms with Crippen molar-refractivity contribution in [3.05, 3.63) is 96.5 Å². The molecule has 0 spiro atoms. The van der Waals surface area contributed by atoms with Crippen molar-refractivity contribution in [2.45, 2.75) is 0 Å². The molecule has 0 bridgehead atoms. The van der Waals surface area contributed by atoms with Crippen molar-refractivity contribution in [3.63, 3.8) is 0 Å². The number of carbonyl (C=O) groups is 1. The van der Waals surface area contributed by atoms with Gasteiger partial charge >= 0.3 is 7.47 Å². The van der Waals surface area contributed by atoms with E-state index in [0.29, 0.717) is 39.6 Å². The van der Waals surface area contributed by atoms with Gasteiger partial charge in [-0.1, -0.05) is 48.5 Å². The van der Waals surface area contributed by atoms with Crippen LogP contribution in [0.25, 0.3) is 81.7 Å². The Labute approximate surface area is 271 Å². The number of carbonyl (C=O) groups excluding carboxylic acids is 1. The van der Waals surface area contributed by atoms with Gasteiger partial charge in [-0.3, -0.25) is 4.79 Å². The molecule has 234 valence electrons. The van der Waals surface area contributed by atoms with Gasteiger partial charge in [0.05, 0.1) is 32.7 Å². The third-order valence-electron chi connectivity index (χ3n) is 9.49. The zero-order chi connectivity index (χ0) is 32.8. The molecule has 0 atom stereocenters. The molecular weight excluding hydrogens is 613 g/mol. The third kappa shape index (κ3) is 3.83. The summed E-state index contributed by atoms with van der Waals surface area (Å²) in [5, 5.41) is 12.7. The lowest BCUT2D eigenvalue weighted by molar-refractivity contribution is 0.104. The molecule has 0 saturated heterocycles. The van der Waals surface area contributed by atoms with Gasteiger partial charge in [0.2, 0.25) is 11.5 Å². The summed E-state index contributed by atoms with van der Waals surface area (Å²) in [6.45, 7) is 0. The summed E-state index contributed by atoms with van der Waals surface area (Å²) in [4.78, 5) is 20.0. The van der Waals surface area contributed by atoms with Crippen LogP contribution in [-0.2, 0) is 4.65 Å². The first-order valence-corrected chi connectivity index (χ1v) is 15.3. The van der Waals surface area contributed by atoms with Crippen LogP contribution in [0.15, 0.2) is 85.1 Å². The maximum atomic E-state index is 14.0. The third-order valence-corrected chi connectivity index (χ3v) is 9.49. The molecule has 0 aliphatic carbocycles. The number of allylic oxidation sites excluding steroid dienone is 1. The minimum Gasteiger partial charge on any atom is -0.503 e. The molecule has 48 heavy (non-hydrogen) atoms. The van der Waals surface area contributed by atoms with Crippen LogP contribution >= 0.6 is 0 Å². The largest absolute Gasteiger partial charge is 0.796 e. The summed E-state index contributed by atoms with van der Waals surface area (Å²) >= 11 is 0. The quantitative estimate of drug-likeness (QED) is 0.0541. The summed E-state index contributed by atoms with van der Waals surface area (Å²) < 4.78 is 49.4. The lowest BCUT2D eigenvalue weighted by Crippen LogP contribution is -2.07. The maximum Gasteiger partial charge on any atom is 0.796 e. The molecule has 10 heteroatoms. The molecular formula is C38H25BF2N2O5. The van der Waals surface area contributed by atoms with Gasteiger partial charge < -0.3 is 28.8 Å². The highest BCUT2D eigenvalue weighted by Crippen LogP contribution is 2.51. The highest BCUT2D eigenvalue weighted by atomic mass is 19.2. The van der Waals surface area contributed by atoms with E-state index in [4.69, 9.17) is 18.9 Å². The number of hydrogen-bond donors (Lipinski definition) is 2. The van der Waals surface area contributed by atoms with Crippen LogP contribution in [0.2, 0.25) is 0 Å². The lowest BCUT2D eigenvalue weighted by atomic mass is 9.94. The lowest BCUT2D eigenvalue weighted by Gasteiger charge is -2.13. The Morgan fingerprint density at radius 2 is 1.27 bits per heavy atom. The van der Waals surface area contributed by atoms with E-state index in [1.54, 1.807) is 24.3 Å². The Morgan fingerprint density at radius 3 is 1.88 bits per heavy atom. The SMILES string of the molecule is COc1cc(-c2ccc(C(=O)/C=C(\OB(F)F)c3[nH]cc4c5ccc6ccc7ccc8ccc(c34)c3c8c7c6c53)[nH]2)cc(OC)c1OC. The molecule has 7 nitrogen and oxygen atoms in total. The van der Waals surface area contributed by atoms with Gasteiger partial charge in [-0.15, -0.1) is 0 Å². The molecule has 0 fully saturated rings. The Kier molecular flexibility index (Phi) is 6.02. The van der Waals surface area contributed by atoms with Gasteiger partial charge in [-0.05, 0) is 78.1 Å². The van der Waals surface area contributed by atoms with Crippen molar-refractivity contribution in [1.82, 2.24) is 9.97 Å². The van der Waals surface area contributed by atoms with Crippen LogP contribution in [0.4, 0.5) is 8.63 Å². The first-order valence-electron chi connectivity index (χ1n) is 15.3. The number of aromatic amines is 2. The number of ether oxygens (including phenoxy) is 3. The number of aromatic nitrogens is 2. The average molecular weight is 638 g/mol. The van der Waals surface area contributed by atoms with Gasteiger partial charge in [0.25, 0.3) is 0 Å². The van der Waals surface area contributed by atoms with E-state index in [9.17, 15) is 13.4 Å². The molecule has 0 radical (unpaired) electrons. The first-order chi connectivity index (χ1) is 23.4. The number of fused-ring (bicyclic) bond motifs is 3. The van der Waals surface area contributed by atoms with Crippen molar-refractivity contribution in [1.29, 1.82) is 0 Å². The number of benzene rings is 6. The van der Waals surface area contributed by atoms with Crippen LogP contribution < -0.4 is 14.2 Å². The fraction of sp³-hybridized carbons (Fsp3) is 0.0789. The van der Waals surface area contributed by atoms with E-state index < -0.39 is 13.3 Å². The molecule has 9 rings (SSSR count). The van der Waals surface area contributed by atoms with E-state index in [-0.39, 0.29) is 11.5 Å². The van der Waals surface area contributed by atoms with Gasteiger partial charge in [-0.2, -0.15) is 0 Å². The van der Waals surface area contributed by atoms with Crippen molar-refractivity contribution in [2.24, 2.45) is 0 Å². The number of methoxy groups -OCH3 is 3. The van der Waals surface area contributed by atoms with Crippen molar-refractivity contribution >= 4 is 83.6 Å². The predicted octanol–water partition coefficient (Wildman–Crippen LogP) is 9.43. The van der Waals surface area contributed by atoms with Gasteiger partial charge in [-0.25, -0.2) is 8.63 Å². The van der Waals surface area contributed by atoms with E-state index in [1.165, 1.54) is 32.1 Å². The van der Waals surface area contributed by atoms with Crippen LogP contribution in [0.3, 0.4) is 0 Å². The number of ketones is 1.